The number of carbonyl (C=O) groups is 1. The van der Waals surface area contributed by atoms with E-state index in [0.717, 1.165) is 0 Å². The Morgan fingerprint density at radius 3 is 2.08 bits per heavy atom. The van der Waals surface area contributed by atoms with Gasteiger partial charge in [0.1, 0.15) is 6.61 Å². The van der Waals surface area contributed by atoms with Crippen molar-refractivity contribution in [2.75, 3.05) is 6.61 Å². The van der Waals surface area contributed by atoms with Gasteiger partial charge in [0.15, 0.2) is 0 Å². The third-order valence-corrected chi connectivity index (χ3v) is 0.325. The van der Waals surface area contributed by atoms with Gasteiger partial charge in [-0.05, 0) is 0 Å². The highest BCUT2D eigenvalue weighted by Crippen LogP contribution is 2.10. The Balaban J connectivity index is 0. The quantitative estimate of drug-likeness (QED) is 0.532. The van der Waals surface area contributed by atoms with E-state index in [-0.39, 0.29) is 13.5 Å². The van der Waals surface area contributed by atoms with E-state index in [2.05, 4.69) is 11.3 Å². The van der Waals surface area contributed by atoms with E-state index in [1.807, 2.05) is 0 Å². The summed E-state index contributed by atoms with van der Waals surface area (Å²) < 4.78 is 35.1. The van der Waals surface area contributed by atoms with E-state index in [1.54, 1.807) is 0 Å². The fraction of sp³-hybridized carbons (Fsp3) is 0.500. The molecule has 0 amide bonds. The Morgan fingerprint density at radius 2 is 2.00 bits per heavy atom. The minimum absolute atomic E-state index is 0.0648. The van der Waals surface area contributed by atoms with E-state index >= 15 is 0 Å². The lowest BCUT2D eigenvalue weighted by Crippen LogP contribution is -1.98. The monoisotopic (exact) mass is 186 g/mol. The first-order chi connectivity index (χ1) is 5.27. The minimum Gasteiger partial charge on any atom is -0.450 e. The summed E-state index contributed by atoms with van der Waals surface area (Å²) in [4.78, 5) is 9.49. The zero-order chi connectivity index (χ0) is 10.2. The molecule has 1 N–H and O–H groups in total. The fourth-order valence-electron chi connectivity index (χ4n) is 0.130. The molecule has 0 unspecified atom stereocenters. The Kier molecular flexibility index (Phi) is 7.26. The van der Waals surface area contributed by atoms with Gasteiger partial charge in [0.05, 0.1) is 0 Å². The second-order valence-corrected chi connectivity index (χ2v) is 1.65. The first-order valence-corrected chi connectivity index (χ1v) is 2.80. The van der Waals surface area contributed by atoms with Crippen LogP contribution >= 0.6 is 0 Å². The molecule has 0 bridgehead atoms. The summed E-state index contributed by atoms with van der Waals surface area (Å²) >= 11 is 0. The molecule has 72 valence electrons. The smallest absolute Gasteiger partial charge is 0.450 e. The Bertz CT molecular complexity index is 135. The largest absolute Gasteiger partial charge is 0.506 e. The summed E-state index contributed by atoms with van der Waals surface area (Å²) in [6.45, 7) is 3.50. The van der Waals surface area contributed by atoms with Crippen molar-refractivity contribution < 1.29 is 27.8 Å². The molecule has 3 nitrogen and oxygen atoms in total. The SMILES string of the molecule is C=CCOC(=O)O.CC(F)(F)F. The molecule has 12 heavy (non-hydrogen) atoms. The van der Waals surface area contributed by atoms with E-state index in [4.69, 9.17) is 5.11 Å². The van der Waals surface area contributed by atoms with Crippen LogP contribution in [-0.4, -0.2) is 24.0 Å². The number of carboxylic acid groups (broad SMARTS) is 1. The van der Waals surface area contributed by atoms with Crippen LogP contribution in [0.5, 0.6) is 0 Å². The molecule has 0 aromatic carbocycles. The molecule has 0 aliphatic rings. The molecule has 0 aliphatic heterocycles. The van der Waals surface area contributed by atoms with Gasteiger partial charge in [0.2, 0.25) is 0 Å². The molecule has 0 radical (unpaired) electrons. The van der Waals surface area contributed by atoms with E-state index in [1.165, 1.54) is 6.08 Å². The Labute approximate surface area is 67.4 Å². The van der Waals surface area contributed by atoms with Gasteiger partial charge in [0, 0.05) is 6.92 Å². The van der Waals surface area contributed by atoms with Crippen molar-refractivity contribution in [1.82, 2.24) is 0 Å². The van der Waals surface area contributed by atoms with Crippen LogP contribution in [0.4, 0.5) is 18.0 Å². The van der Waals surface area contributed by atoms with Crippen LogP contribution in [0.15, 0.2) is 12.7 Å². The van der Waals surface area contributed by atoms with Crippen molar-refractivity contribution in [2.24, 2.45) is 0 Å². The molecule has 0 atom stereocenters. The normalized spacial score (nSPS) is 9.33. The molecule has 0 spiro atoms. The first-order valence-electron chi connectivity index (χ1n) is 2.80. The third kappa shape index (κ3) is 68.3. The molecule has 0 fully saturated rings. The standard InChI is InChI=1S/C4H6O3.C2H3F3/c1-2-3-7-4(5)6;1-2(3,4)5/h2H,1,3H2,(H,5,6);1H3. The van der Waals surface area contributed by atoms with E-state index in [9.17, 15) is 18.0 Å². The molecule has 0 aliphatic carbocycles. The lowest BCUT2D eigenvalue weighted by Gasteiger charge is -1.88. The van der Waals surface area contributed by atoms with Gasteiger partial charge in [-0.3, -0.25) is 0 Å². The Morgan fingerprint density at radius 1 is 1.67 bits per heavy atom. The van der Waals surface area contributed by atoms with E-state index in [0.29, 0.717) is 0 Å². The molecule has 0 aromatic heterocycles. The number of ether oxygens (including phenoxy) is 1. The maximum Gasteiger partial charge on any atom is 0.506 e. The molecule has 0 rings (SSSR count). The van der Waals surface area contributed by atoms with Gasteiger partial charge in [-0.2, -0.15) is 13.2 Å². The average molecular weight is 186 g/mol. The van der Waals surface area contributed by atoms with Crippen molar-refractivity contribution in [3.8, 4) is 0 Å². The molecule has 0 saturated carbocycles. The van der Waals surface area contributed by atoms with Crippen LogP contribution < -0.4 is 0 Å². The molecular formula is C6H9F3O3. The predicted molar refractivity (Wildman–Crippen MR) is 35.9 cm³/mol. The molecule has 6 heteroatoms. The van der Waals surface area contributed by atoms with Gasteiger partial charge in [0.25, 0.3) is 0 Å². The summed E-state index contributed by atoms with van der Waals surface area (Å²) in [7, 11) is 0. The van der Waals surface area contributed by atoms with Crippen molar-refractivity contribution in [3.63, 3.8) is 0 Å². The first kappa shape index (κ1) is 13.4. The van der Waals surface area contributed by atoms with Gasteiger partial charge >= 0.3 is 12.3 Å². The Hall–Kier alpha value is -1.20. The number of hydrogen-bond donors (Lipinski definition) is 1. The predicted octanol–water partition coefficient (Wildman–Crippen LogP) is 2.44. The number of alkyl halides is 3. The van der Waals surface area contributed by atoms with Gasteiger partial charge in [-0.25, -0.2) is 4.79 Å². The van der Waals surface area contributed by atoms with Crippen molar-refractivity contribution in [3.05, 3.63) is 12.7 Å². The van der Waals surface area contributed by atoms with Crippen LogP contribution in [0.3, 0.4) is 0 Å². The number of hydrogen-bond acceptors (Lipinski definition) is 2. The van der Waals surface area contributed by atoms with Crippen molar-refractivity contribution >= 4 is 6.16 Å². The second-order valence-electron chi connectivity index (χ2n) is 1.65. The highest BCUT2D eigenvalue weighted by Gasteiger charge is 2.15. The van der Waals surface area contributed by atoms with Crippen LogP contribution in [0.2, 0.25) is 0 Å². The minimum atomic E-state index is -4.00. The molecule has 0 aromatic rings. The zero-order valence-corrected chi connectivity index (χ0v) is 6.39. The van der Waals surface area contributed by atoms with Gasteiger partial charge in [-0.15, -0.1) is 0 Å². The van der Waals surface area contributed by atoms with E-state index < -0.39 is 12.3 Å². The summed E-state index contributed by atoms with van der Waals surface area (Å²) in [6, 6.07) is 0. The third-order valence-electron chi connectivity index (χ3n) is 0.325. The fourth-order valence-corrected chi connectivity index (χ4v) is 0.130. The van der Waals surface area contributed by atoms with Crippen LogP contribution in [0, 0.1) is 0 Å². The highest BCUT2D eigenvalue weighted by molar-refractivity contribution is 5.56. The lowest BCUT2D eigenvalue weighted by molar-refractivity contribution is -0.110. The van der Waals surface area contributed by atoms with Crippen LogP contribution in [-0.2, 0) is 4.74 Å². The van der Waals surface area contributed by atoms with Gasteiger partial charge in [-0.1, -0.05) is 12.7 Å². The lowest BCUT2D eigenvalue weighted by atomic mass is 10.7. The van der Waals surface area contributed by atoms with Crippen molar-refractivity contribution in [2.45, 2.75) is 13.1 Å². The summed E-state index contributed by atoms with van der Waals surface area (Å²) in [5.74, 6) is 0. The van der Waals surface area contributed by atoms with Crippen LogP contribution in [0.1, 0.15) is 6.92 Å². The van der Waals surface area contributed by atoms with Gasteiger partial charge < -0.3 is 9.84 Å². The topological polar surface area (TPSA) is 46.5 Å². The summed E-state index contributed by atoms with van der Waals surface area (Å²) in [5.41, 5.74) is 0. The summed E-state index contributed by atoms with van der Waals surface area (Å²) in [6.07, 6.45) is -3.89. The van der Waals surface area contributed by atoms with Crippen LogP contribution in [0.25, 0.3) is 0 Å². The molecular weight excluding hydrogens is 177 g/mol. The average Bonchev–Trinajstić information content (AvgIpc) is 1.79. The second kappa shape index (κ2) is 6.51. The molecule has 0 saturated heterocycles. The van der Waals surface area contributed by atoms with Crippen molar-refractivity contribution in [1.29, 1.82) is 0 Å². The number of halogens is 3. The zero-order valence-electron chi connectivity index (χ0n) is 6.39. The molecule has 0 heterocycles. The highest BCUT2D eigenvalue weighted by atomic mass is 19.4. The maximum absolute atomic E-state index is 10.4. The number of rotatable bonds is 2. The maximum atomic E-state index is 10.4. The summed E-state index contributed by atoms with van der Waals surface area (Å²) in [5, 5.41) is 7.77.